The van der Waals surface area contributed by atoms with Crippen LogP contribution in [0.1, 0.15) is 18.4 Å². The Balaban J connectivity index is 1.89. The summed E-state index contributed by atoms with van der Waals surface area (Å²) in [5.74, 6) is 1.45. The lowest BCUT2D eigenvalue weighted by atomic mass is 10.1. The first-order valence-electron chi connectivity index (χ1n) is 8.10. The van der Waals surface area contributed by atoms with Gasteiger partial charge < -0.3 is 4.74 Å². The third-order valence-corrected chi connectivity index (χ3v) is 5.64. The van der Waals surface area contributed by atoms with Crippen LogP contribution in [0.4, 0.5) is 0 Å². The minimum Gasteiger partial charge on any atom is -0.481 e. The zero-order valence-electron chi connectivity index (χ0n) is 14.0. The minimum absolute atomic E-state index is 0.00575. The molecule has 4 rings (SSSR count). The number of benzene rings is 1. The Bertz CT molecular complexity index is 1110. The number of fused-ring (bicyclic) bond motifs is 1. The summed E-state index contributed by atoms with van der Waals surface area (Å²) in [5, 5.41) is 6.28. The van der Waals surface area contributed by atoms with E-state index >= 15 is 0 Å². The third-order valence-electron chi connectivity index (χ3n) is 4.46. The number of nitrogens with two attached hydrogens (primary N) is 1. The summed E-state index contributed by atoms with van der Waals surface area (Å²) < 4.78 is 30.9. The molecule has 1 aliphatic carbocycles. The van der Waals surface area contributed by atoms with Crippen LogP contribution in [0.2, 0.25) is 5.02 Å². The van der Waals surface area contributed by atoms with Gasteiger partial charge in [0.25, 0.3) is 0 Å². The van der Waals surface area contributed by atoms with E-state index in [-0.39, 0.29) is 4.90 Å². The van der Waals surface area contributed by atoms with E-state index in [1.54, 1.807) is 36.1 Å². The highest BCUT2D eigenvalue weighted by Crippen LogP contribution is 2.35. The summed E-state index contributed by atoms with van der Waals surface area (Å²) in [4.78, 5) is 8.87. The van der Waals surface area contributed by atoms with Crippen molar-refractivity contribution in [1.29, 1.82) is 0 Å². The second-order valence-electron chi connectivity index (χ2n) is 6.42. The quantitative estimate of drug-likeness (QED) is 0.719. The predicted molar refractivity (Wildman–Crippen MR) is 98.2 cm³/mol. The SMILES string of the molecule is COc1nc(-n2cc(S(N)(=O)=O)c3ccc(Cl)cc32)ncc1CC1CC1. The van der Waals surface area contributed by atoms with Crippen LogP contribution in [0.3, 0.4) is 0 Å². The molecule has 26 heavy (non-hydrogen) atoms. The summed E-state index contributed by atoms with van der Waals surface area (Å²) in [6.07, 6.45) is 6.44. The minimum atomic E-state index is -3.91. The molecule has 3 aromatic rings. The highest BCUT2D eigenvalue weighted by Gasteiger charge is 2.25. The van der Waals surface area contributed by atoms with Crippen molar-refractivity contribution in [2.75, 3.05) is 7.11 Å². The van der Waals surface area contributed by atoms with Crippen molar-refractivity contribution in [3.05, 3.63) is 41.2 Å². The third kappa shape index (κ3) is 3.15. The molecule has 0 spiro atoms. The van der Waals surface area contributed by atoms with E-state index in [0.29, 0.717) is 33.7 Å². The Hall–Kier alpha value is -2.16. The van der Waals surface area contributed by atoms with E-state index in [2.05, 4.69) is 9.97 Å². The molecule has 0 bridgehead atoms. The van der Waals surface area contributed by atoms with Gasteiger partial charge in [0.05, 0.1) is 12.6 Å². The van der Waals surface area contributed by atoms with Crippen molar-refractivity contribution in [2.24, 2.45) is 11.1 Å². The van der Waals surface area contributed by atoms with E-state index in [4.69, 9.17) is 21.5 Å². The van der Waals surface area contributed by atoms with Gasteiger partial charge in [-0.2, -0.15) is 4.98 Å². The van der Waals surface area contributed by atoms with Gasteiger partial charge in [-0.05, 0) is 43.4 Å². The van der Waals surface area contributed by atoms with Gasteiger partial charge in [0.15, 0.2) is 0 Å². The van der Waals surface area contributed by atoms with Crippen molar-refractivity contribution >= 4 is 32.5 Å². The van der Waals surface area contributed by atoms with Crippen LogP contribution >= 0.6 is 11.6 Å². The predicted octanol–water partition coefficient (Wildman–Crippen LogP) is 2.68. The highest BCUT2D eigenvalue weighted by molar-refractivity contribution is 7.89. The van der Waals surface area contributed by atoms with Crippen molar-refractivity contribution in [3.63, 3.8) is 0 Å². The number of hydrogen-bond donors (Lipinski definition) is 1. The molecule has 1 fully saturated rings. The second kappa shape index (κ2) is 6.22. The van der Waals surface area contributed by atoms with Crippen LogP contribution in [0, 0.1) is 5.92 Å². The second-order valence-corrected chi connectivity index (χ2v) is 8.39. The zero-order valence-corrected chi connectivity index (χ0v) is 15.6. The van der Waals surface area contributed by atoms with Crippen molar-refractivity contribution in [1.82, 2.24) is 14.5 Å². The number of hydrogen-bond acceptors (Lipinski definition) is 5. The summed E-state index contributed by atoms with van der Waals surface area (Å²) in [6, 6.07) is 4.88. The molecule has 0 radical (unpaired) electrons. The largest absolute Gasteiger partial charge is 0.481 e. The molecule has 0 saturated heterocycles. The van der Waals surface area contributed by atoms with Gasteiger partial charge in [-0.3, -0.25) is 4.57 Å². The molecule has 0 amide bonds. The van der Waals surface area contributed by atoms with E-state index < -0.39 is 10.0 Å². The molecule has 2 heterocycles. The summed E-state index contributed by atoms with van der Waals surface area (Å²) >= 11 is 6.09. The maximum Gasteiger partial charge on any atom is 0.240 e. The molecule has 0 aliphatic heterocycles. The number of aromatic nitrogens is 3. The average Bonchev–Trinajstić information content (AvgIpc) is 3.32. The maximum atomic E-state index is 11.9. The standard InChI is InChI=1S/C17H17ClN4O3S/c1-25-16-11(6-10-2-3-10)8-20-17(21-16)22-9-15(26(19,23)24)13-5-4-12(18)7-14(13)22/h4-5,7-10H,2-3,6H2,1H3,(H2,19,23,24). The fourth-order valence-electron chi connectivity index (χ4n) is 3.01. The van der Waals surface area contributed by atoms with E-state index in [0.717, 1.165) is 12.0 Å². The maximum absolute atomic E-state index is 11.9. The number of ether oxygens (including phenoxy) is 1. The Morgan fingerprint density at radius 2 is 2.15 bits per heavy atom. The molecule has 1 aliphatic rings. The molecule has 0 unspecified atom stereocenters. The molecular weight excluding hydrogens is 376 g/mol. The fourth-order valence-corrected chi connectivity index (χ4v) is 3.91. The molecule has 2 N–H and O–H groups in total. The number of methoxy groups -OCH3 is 1. The van der Waals surface area contributed by atoms with Gasteiger partial charge >= 0.3 is 0 Å². The fraction of sp³-hybridized carbons (Fsp3) is 0.294. The van der Waals surface area contributed by atoms with Crippen LogP contribution < -0.4 is 9.88 Å². The number of halogens is 1. The summed E-state index contributed by atoms with van der Waals surface area (Å²) in [6.45, 7) is 0. The van der Waals surface area contributed by atoms with Crippen LogP contribution in [0.25, 0.3) is 16.9 Å². The van der Waals surface area contributed by atoms with Gasteiger partial charge in [0, 0.05) is 28.4 Å². The monoisotopic (exact) mass is 392 g/mol. The van der Waals surface area contributed by atoms with E-state index in [1.165, 1.54) is 19.0 Å². The average molecular weight is 393 g/mol. The zero-order chi connectivity index (χ0) is 18.5. The first-order chi connectivity index (χ1) is 12.4. The van der Waals surface area contributed by atoms with Crippen molar-refractivity contribution in [2.45, 2.75) is 24.2 Å². The van der Waals surface area contributed by atoms with Crippen LogP contribution in [-0.2, 0) is 16.4 Å². The lowest BCUT2D eigenvalue weighted by molar-refractivity contribution is 0.389. The van der Waals surface area contributed by atoms with Crippen LogP contribution in [-0.4, -0.2) is 30.1 Å². The van der Waals surface area contributed by atoms with Crippen molar-refractivity contribution < 1.29 is 13.2 Å². The number of sulfonamides is 1. The van der Waals surface area contributed by atoms with E-state index in [1.807, 2.05) is 0 Å². The van der Waals surface area contributed by atoms with Gasteiger partial charge in [-0.15, -0.1) is 0 Å². The normalized spacial score (nSPS) is 14.7. The molecule has 1 saturated carbocycles. The first kappa shape index (κ1) is 17.3. The van der Waals surface area contributed by atoms with Crippen molar-refractivity contribution in [3.8, 4) is 11.8 Å². The molecule has 136 valence electrons. The van der Waals surface area contributed by atoms with Crippen LogP contribution in [0.15, 0.2) is 35.5 Å². The smallest absolute Gasteiger partial charge is 0.240 e. The highest BCUT2D eigenvalue weighted by atomic mass is 35.5. The van der Waals surface area contributed by atoms with Gasteiger partial charge in [-0.25, -0.2) is 18.5 Å². The first-order valence-corrected chi connectivity index (χ1v) is 10.0. The summed E-state index contributed by atoms with van der Waals surface area (Å²) in [7, 11) is -2.35. The number of primary sulfonamides is 1. The number of rotatable bonds is 5. The Morgan fingerprint density at radius 1 is 1.38 bits per heavy atom. The molecule has 9 heteroatoms. The Labute approximate surface area is 155 Å². The summed E-state index contributed by atoms with van der Waals surface area (Å²) in [5.41, 5.74) is 1.50. The molecule has 7 nitrogen and oxygen atoms in total. The molecule has 2 aromatic heterocycles. The van der Waals surface area contributed by atoms with Crippen LogP contribution in [0.5, 0.6) is 5.88 Å². The molecular formula is C17H17ClN4O3S. The van der Waals surface area contributed by atoms with Gasteiger partial charge in [0.2, 0.25) is 21.9 Å². The Morgan fingerprint density at radius 3 is 2.81 bits per heavy atom. The van der Waals surface area contributed by atoms with E-state index in [9.17, 15) is 8.42 Å². The van der Waals surface area contributed by atoms with Gasteiger partial charge in [0.1, 0.15) is 4.90 Å². The molecule has 0 atom stereocenters. The van der Waals surface area contributed by atoms with Gasteiger partial charge in [-0.1, -0.05) is 11.6 Å². The molecule has 1 aromatic carbocycles. The lowest BCUT2D eigenvalue weighted by Gasteiger charge is -2.09. The topological polar surface area (TPSA) is 100 Å². The lowest BCUT2D eigenvalue weighted by Crippen LogP contribution is -2.11. The number of nitrogens with zero attached hydrogens (tertiary/aromatic N) is 3. The Kier molecular flexibility index (Phi) is 4.13.